The van der Waals surface area contributed by atoms with Gasteiger partial charge in [-0.1, -0.05) is 30.3 Å². The Morgan fingerprint density at radius 3 is 2.70 bits per heavy atom. The van der Waals surface area contributed by atoms with Gasteiger partial charge in [0.15, 0.2) is 0 Å². The second-order valence-corrected chi connectivity index (χ2v) is 6.49. The van der Waals surface area contributed by atoms with Crippen LogP contribution in [-0.4, -0.2) is 9.55 Å². The molecule has 118 valence electrons. The molecule has 0 bridgehead atoms. The van der Waals surface area contributed by atoms with Crippen molar-refractivity contribution >= 4 is 0 Å². The predicted molar refractivity (Wildman–Crippen MR) is 91.4 cm³/mol. The van der Waals surface area contributed by atoms with Crippen LogP contribution in [0.5, 0.6) is 0 Å². The first-order chi connectivity index (χ1) is 11.3. The summed E-state index contributed by atoms with van der Waals surface area (Å²) in [5.74, 6) is 1.74. The molecule has 0 aliphatic heterocycles. The Kier molecular flexibility index (Phi) is 3.78. The number of aryl methyl sites for hydroxylation is 1. The highest BCUT2D eigenvalue weighted by Crippen LogP contribution is 2.45. The largest absolute Gasteiger partial charge is 0.469 e. The molecule has 23 heavy (non-hydrogen) atoms. The normalized spacial score (nSPS) is 15.7. The van der Waals surface area contributed by atoms with Crippen LogP contribution < -0.4 is 0 Å². The number of furan rings is 1. The van der Waals surface area contributed by atoms with E-state index in [0.717, 1.165) is 24.3 Å². The second kappa shape index (κ2) is 6.07. The Balaban J connectivity index is 1.60. The molecule has 0 N–H and O–H groups in total. The van der Waals surface area contributed by atoms with Gasteiger partial charge in [-0.05, 0) is 38.3 Å². The van der Waals surface area contributed by atoms with Crippen LogP contribution in [0.15, 0.2) is 59.5 Å². The summed E-state index contributed by atoms with van der Waals surface area (Å²) in [5, 5.41) is 0. The van der Waals surface area contributed by atoms with Crippen molar-refractivity contribution in [1.82, 2.24) is 9.55 Å². The number of aromatic nitrogens is 2. The molecule has 3 heteroatoms. The van der Waals surface area contributed by atoms with E-state index < -0.39 is 0 Å². The van der Waals surface area contributed by atoms with E-state index in [0.29, 0.717) is 12.0 Å². The van der Waals surface area contributed by atoms with Crippen LogP contribution in [0.2, 0.25) is 0 Å². The average Bonchev–Trinajstić information content (AvgIpc) is 3.12. The molecular formula is C20H22N2O. The Hall–Kier alpha value is -2.29. The first-order valence-electron chi connectivity index (χ1n) is 8.47. The van der Waals surface area contributed by atoms with Crippen molar-refractivity contribution in [3.05, 3.63) is 66.5 Å². The van der Waals surface area contributed by atoms with Crippen molar-refractivity contribution in [2.75, 3.05) is 0 Å². The monoisotopic (exact) mass is 306 g/mol. The fourth-order valence-corrected chi connectivity index (χ4v) is 3.25. The Bertz CT molecular complexity index is 754. The van der Waals surface area contributed by atoms with E-state index in [2.05, 4.69) is 47.9 Å². The minimum Gasteiger partial charge on any atom is -0.469 e. The second-order valence-electron chi connectivity index (χ2n) is 6.49. The maximum atomic E-state index is 5.46. The summed E-state index contributed by atoms with van der Waals surface area (Å²) in [7, 11) is 0. The van der Waals surface area contributed by atoms with Gasteiger partial charge in [0.1, 0.15) is 5.76 Å². The van der Waals surface area contributed by atoms with Crippen molar-refractivity contribution in [3.8, 4) is 11.3 Å². The molecule has 1 atom stereocenters. The molecule has 0 saturated heterocycles. The minimum absolute atomic E-state index is 0.431. The van der Waals surface area contributed by atoms with Crippen LogP contribution in [0.3, 0.4) is 0 Å². The highest BCUT2D eigenvalue weighted by Gasteiger charge is 2.31. The van der Waals surface area contributed by atoms with Gasteiger partial charge in [-0.2, -0.15) is 0 Å². The summed E-state index contributed by atoms with van der Waals surface area (Å²) < 4.78 is 7.85. The molecule has 1 aliphatic carbocycles. The van der Waals surface area contributed by atoms with Gasteiger partial charge in [-0.15, -0.1) is 0 Å². The quantitative estimate of drug-likeness (QED) is 0.625. The van der Waals surface area contributed by atoms with Crippen molar-refractivity contribution < 1.29 is 4.42 Å². The van der Waals surface area contributed by atoms with Crippen molar-refractivity contribution in [2.24, 2.45) is 0 Å². The smallest absolute Gasteiger partial charge is 0.103 e. The molecule has 1 aliphatic rings. The zero-order valence-electron chi connectivity index (χ0n) is 13.5. The zero-order valence-corrected chi connectivity index (χ0v) is 13.5. The summed E-state index contributed by atoms with van der Waals surface area (Å²) in [5.41, 5.74) is 3.81. The number of hydrogen-bond donors (Lipinski definition) is 0. The fraction of sp³-hybridized carbons (Fsp3) is 0.350. The summed E-state index contributed by atoms with van der Waals surface area (Å²) in [6, 6.07) is 15.0. The van der Waals surface area contributed by atoms with Gasteiger partial charge in [-0.3, -0.25) is 0 Å². The van der Waals surface area contributed by atoms with E-state index in [-0.39, 0.29) is 0 Å². The topological polar surface area (TPSA) is 31.0 Å². The van der Waals surface area contributed by atoms with E-state index in [1.165, 1.54) is 24.1 Å². The predicted octanol–water partition coefficient (Wildman–Crippen LogP) is 5.21. The number of imidazole rings is 1. The van der Waals surface area contributed by atoms with Crippen LogP contribution in [0, 0.1) is 0 Å². The average molecular weight is 306 g/mol. The van der Waals surface area contributed by atoms with Gasteiger partial charge in [-0.25, -0.2) is 4.98 Å². The van der Waals surface area contributed by atoms with Gasteiger partial charge < -0.3 is 8.98 Å². The lowest BCUT2D eigenvalue weighted by molar-refractivity contribution is 0.445. The highest BCUT2D eigenvalue weighted by molar-refractivity contribution is 5.63. The minimum atomic E-state index is 0.431. The van der Waals surface area contributed by atoms with Gasteiger partial charge in [0.2, 0.25) is 0 Å². The van der Waals surface area contributed by atoms with Crippen LogP contribution >= 0.6 is 0 Å². The van der Waals surface area contributed by atoms with E-state index in [1.807, 2.05) is 12.4 Å². The lowest BCUT2D eigenvalue weighted by Gasteiger charge is -2.17. The van der Waals surface area contributed by atoms with Crippen LogP contribution in [0.25, 0.3) is 11.3 Å². The third kappa shape index (κ3) is 2.96. The molecule has 3 aromatic rings. The molecular weight excluding hydrogens is 284 g/mol. The number of nitrogens with zero attached hydrogens (tertiary/aromatic N) is 2. The van der Waals surface area contributed by atoms with Gasteiger partial charge >= 0.3 is 0 Å². The Labute approximate surface area is 137 Å². The van der Waals surface area contributed by atoms with Crippen molar-refractivity contribution in [1.29, 1.82) is 0 Å². The van der Waals surface area contributed by atoms with Crippen LogP contribution in [0.4, 0.5) is 0 Å². The standard InChI is InChI=1S/C20H22N2O/c1-15(9-12-18-8-5-13-23-18)22-14-21-19(20(22)17-10-11-17)16-6-3-2-4-7-16/h2-8,13-15,17H,9-12H2,1H3/t15-/m1/s1. The lowest BCUT2D eigenvalue weighted by Crippen LogP contribution is -2.08. The maximum absolute atomic E-state index is 5.46. The third-order valence-electron chi connectivity index (χ3n) is 4.71. The highest BCUT2D eigenvalue weighted by atomic mass is 16.3. The first kappa shape index (κ1) is 14.3. The molecule has 1 saturated carbocycles. The molecule has 3 nitrogen and oxygen atoms in total. The fourth-order valence-electron chi connectivity index (χ4n) is 3.25. The molecule has 0 unspecified atom stereocenters. The third-order valence-corrected chi connectivity index (χ3v) is 4.71. The van der Waals surface area contributed by atoms with Crippen LogP contribution in [0.1, 0.15) is 49.6 Å². The summed E-state index contributed by atoms with van der Waals surface area (Å²) in [6.45, 7) is 2.28. The SMILES string of the molecule is C[C@H](CCc1ccco1)n1cnc(-c2ccccc2)c1C1CC1. The Morgan fingerprint density at radius 1 is 1.17 bits per heavy atom. The number of hydrogen-bond acceptors (Lipinski definition) is 2. The van der Waals surface area contributed by atoms with E-state index >= 15 is 0 Å². The maximum Gasteiger partial charge on any atom is 0.103 e. The molecule has 0 amide bonds. The summed E-state index contributed by atoms with van der Waals surface area (Å²) in [6.07, 6.45) is 8.39. The van der Waals surface area contributed by atoms with E-state index in [9.17, 15) is 0 Å². The van der Waals surface area contributed by atoms with E-state index in [4.69, 9.17) is 9.40 Å². The molecule has 2 heterocycles. The summed E-state index contributed by atoms with van der Waals surface area (Å²) in [4.78, 5) is 4.75. The van der Waals surface area contributed by atoms with Gasteiger partial charge in [0.05, 0.1) is 18.3 Å². The molecule has 0 spiro atoms. The molecule has 2 aromatic heterocycles. The zero-order chi connectivity index (χ0) is 15.6. The number of benzene rings is 1. The van der Waals surface area contributed by atoms with Crippen molar-refractivity contribution in [3.63, 3.8) is 0 Å². The molecule has 1 fully saturated rings. The number of rotatable bonds is 6. The van der Waals surface area contributed by atoms with Gasteiger partial charge in [0, 0.05) is 29.6 Å². The summed E-state index contributed by atoms with van der Waals surface area (Å²) >= 11 is 0. The lowest BCUT2D eigenvalue weighted by atomic mass is 10.1. The van der Waals surface area contributed by atoms with E-state index in [1.54, 1.807) is 6.26 Å². The Morgan fingerprint density at radius 2 is 2.00 bits per heavy atom. The van der Waals surface area contributed by atoms with Gasteiger partial charge in [0.25, 0.3) is 0 Å². The first-order valence-corrected chi connectivity index (χ1v) is 8.47. The molecule has 4 rings (SSSR count). The van der Waals surface area contributed by atoms with Crippen LogP contribution in [-0.2, 0) is 6.42 Å². The molecule has 0 radical (unpaired) electrons. The van der Waals surface area contributed by atoms with Crippen molar-refractivity contribution in [2.45, 2.75) is 44.6 Å². The molecule has 1 aromatic carbocycles.